The van der Waals surface area contributed by atoms with Crippen molar-refractivity contribution in [1.82, 2.24) is 0 Å². The van der Waals surface area contributed by atoms with Crippen LogP contribution in [0.4, 0.5) is 0 Å². The third kappa shape index (κ3) is 4.30. The minimum atomic E-state index is -3.17. The van der Waals surface area contributed by atoms with Gasteiger partial charge in [0.15, 0.2) is 6.10 Å². The summed E-state index contributed by atoms with van der Waals surface area (Å²) in [4.78, 5) is 12.2. The predicted octanol–water partition coefficient (Wildman–Crippen LogP) is 6.38. The first-order valence-corrected chi connectivity index (χ1v) is 12.7. The van der Waals surface area contributed by atoms with Gasteiger partial charge in [0, 0.05) is 28.7 Å². The van der Waals surface area contributed by atoms with E-state index in [1.54, 1.807) is 78.1 Å². The fourth-order valence-electron chi connectivity index (χ4n) is 4.02. The smallest absolute Gasteiger partial charge is 0.345 e. The van der Waals surface area contributed by atoms with Gasteiger partial charge in [0.1, 0.15) is 11.4 Å². The van der Waals surface area contributed by atoms with E-state index in [2.05, 4.69) is 11.8 Å². The molecule has 2 aromatic carbocycles. The summed E-state index contributed by atoms with van der Waals surface area (Å²) >= 11 is 6.16. The highest BCUT2D eigenvalue weighted by atomic mass is 35.5. The maximum absolute atomic E-state index is 11.8. The average molecular weight is 507 g/mol. The number of aliphatic carboxylic acids is 1. The molecule has 0 bridgehead atoms. The normalized spacial score (nSPS) is 22.2. The highest BCUT2D eigenvalue weighted by molar-refractivity contribution is 8.25. The summed E-state index contributed by atoms with van der Waals surface area (Å²) in [6.07, 6.45) is -1.09. The van der Waals surface area contributed by atoms with Crippen molar-refractivity contribution in [3.05, 3.63) is 58.1 Å². The van der Waals surface area contributed by atoms with Gasteiger partial charge in [0.25, 0.3) is 0 Å². The summed E-state index contributed by atoms with van der Waals surface area (Å²) in [5.41, 5.74) is 0.181. The molecule has 34 heavy (non-hydrogen) atoms. The largest absolute Gasteiger partial charge is 0.478 e. The Hall–Kier alpha value is -2.21. The summed E-state index contributed by atoms with van der Waals surface area (Å²) in [6, 6.07) is 10.1. The van der Waals surface area contributed by atoms with Crippen molar-refractivity contribution >= 4 is 28.2 Å². The molecule has 0 saturated heterocycles. The topological polar surface area (TPSA) is 96.2 Å². The van der Waals surface area contributed by atoms with E-state index in [0.717, 1.165) is 0 Å². The molecule has 6 nitrogen and oxygen atoms in total. The monoisotopic (exact) mass is 506 g/mol. The zero-order valence-electron chi connectivity index (χ0n) is 20.4. The molecule has 0 saturated carbocycles. The summed E-state index contributed by atoms with van der Waals surface area (Å²) in [5, 5.41) is 10.1. The lowest BCUT2D eigenvalue weighted by Gasteiger charge is -2.47. The van der Waals surface area contributed by atoms with Crippen LogP contribution < -0.4 is 4.74 Å². The van der Waals surface area contributed by atoms with Gasteiger partial charge in [-0.05, 0) is 51.1 Å². The maximum Gasteiger partial charge on any atom is 0.345 e. The SMILES string of the molecule is COC1(C)c2ccc(C#Cc3cc(Cl)ccc3OC(C(=O)O)C(C)(C)C)cc2S(O)(O)C1(C)C. The van der Waals surface area contributed by atoms with Gasteiger partial charge in [-0.15, -0.1) is 0 Å². The van der Waals surface area contributed by atoms with Crippen molar-refractivity contribution in [3.63, 3.8) is 0 Å². The number of halogens is 1. The van der Waals surface area contributed by atoms with E-state index in [1.807, 2.05) is 6.92 Å². The molecule has 0 aliphatic carbocycles. The third-order valence-electron chi connectivity index (χ3n) is 6.61. The number of fused-ring (bicyclic) bond motifs is 1. The van der Waals surface area contributed by atoms with Gasteiger partial charge in [-0.25, -0.2) is 4.79 Å². The van der Waals surface area contributed by atoms with Crippen molar-refractivity contribution < 1.29 is 28.5 Å². The molecular formula is C26H31ClO6S. The molecule has 2 atom stereocenters. The Labute approximate surface area is 207 Å². The third-order valence-corrected chi connectivity index (χ3v) is 9.61. The van der Waals surface area contributed by atoms with Crippen molar-refractivity contribution in [1.29, 1.82) is 0 Å². The second-order valence-corrected chi connectivity index (χ2v) is 13.1. The van der Waals surface area contributed by atoms with Gasteiger partial charge >= 0.3 is 5.97 Å². The van der Waals surface area contributed by atoms with E-state index < -0.39 is 38.4 Å². The van der Waals surface area contributed by atoms with Gasteiger partial charge in [-0.2, -0.15) is 10.6 Å². The predicted molar refractivity (Wildman–Crippen MR) is 135 cm³/mol. The molecule has 0 spiro atoms. The number of hydrogen-bond donors (Lipinski definition) is 3. The standard InChI is InChI=1S/C26H31ClO6S/c1-24(2,3)22(23(28)29)33-20-13-11-18(27)15-17(20)10-8-16-9-12-19-21(14-16)34(30,31)25(4,5)26(19,6)32-7/h9,11-15,22,30-31H,1-7H3,(H,28,29). The molecular weight excluding hydrogens is 476 g/mol. The fourth-order valence-corrected chi connectivity index (χ4v) is 6.34. The highest BCUT2D eigenvalue weighted by Gasteiger charge is 2.59. The Balaban J connectivity index is 2.05. The number of carbonyl (C=O) groups is 1. The Morgan fingerprint density at radius 3 is 2.29 bits per heavy atom. The minimum absolute atomic E-state index is 0.303. The van der Waals surface area contributed by atoms with E-state index in [0.29, 0.717) is 32.4 Å². The average Bonchev–Trinajstić information content (AvgIpc) is 2.85. The quantitative estimate of drug-likeness (QED) is 0.416. The van der Waals surface area contributed by atoms with Crippen LogP contribution in [0.5, 0.6) is 5.75 Å². The zero-order valence-corrected chi connectivity index (χ0v) is 22.0. The molecule has 1 aliphatic heterocycles. The molecule has 2 unspecified atom stereocenters. The van der Waals surface area contributed by atoms with Crippen LogP contribution in [0.2, 0.25) is 5.02 Å². The van der Waals surface area contributed by atoms with Crippen molar-refractivity contribution in [2.24, 2.45) is 5.41 Å². The van der Waals surface area contributed by atoms with Crippen LogP contribution in [-0.2, 0) is 15.1 Å². The molecule has 0 amide bonds. The fraction of sp³-hybridized carbons (Fsp3) is 0.423. The minimum Gasteiger partial charge on any atom is -0.478 e. The Morgan fingerprint density at radius 2 is 1.74 bits per heavy atom. The van der Waals surface area contributed by atoms with Gasteiger partial charge in [0.05, 0.1) is 15.2 Å². The number of rotatable bonds is 4. The molecule has 1 aliphatic rings. The molecule has 3 rings (SSSR count). The van der Waals surface area contributed by atoms with Crippen LogP contribution in [-0.4, -0.2) is 38.1 Å². The second-order valence-electron chi connectivity index (χ2n) is 10.1. The van der Waals surface area contributed by atoms with E-state index in [-0.39, 0.29) is 0 Å². The zero-order chi connectivity index (χ0) is 25.7. The summed E-state index contributed by atoms with van der Waals surface area (Å²) in [7, 11) is -1.61. The Bertz CT molecular complexity index is 1190. The van der Waals surface area contributed by atoms with Crippen LogP contribution >= 0.6 is 22.2 Å². The van der Waals surface area contributed by atoms with Gasteiger partial charge < -0.3 is 14.6 Å². The van der Waals surface area contributed by atoms with E-state index in [9.17, 15) is 19.0 Å². The van der Waals surface area contributed by atoms with E-state index >= 15 is 0 Å². The number of benzene rings is 2. The van der Waals surface area contributed by atoms with Crippen molar-refractivity contribution in [2.45, 2.75) is 62.9 Å². The van der Waals surface area contributed by atoms with Crippen LogP contribution in [0.15, 0.2) is 41.3 Å². The molecule has 2 aromatic rings. The molecule has 8 heteroatoms. The first kappa shape index (κ1) is 26.4. The molecule has 0 radical (unpaired) electrons. The maximum atomic E-state index is 11.8. The van der Waals surface area contributed by atoms with Gasteiger partial charge in [-0.1, -0.05) is 50.3 Å². The Kier molecular flexibility index (Phi) is 6.82. The Morgan fingerprint density at radius 1 is 1.09 bits per heavy atom. The summed E-state index contributed by atoms with van der Waals surface area (Å²) in [5.74, 6) is 5.26. The summed E-state index contributed by atoms with van der Waals surface area (Å²) in [6.45, 7) is 10.8. The van der Waals surface area contributed by atoms with Gasteiger partial charge in [0.2, 0.25) is 0 Å². The highest BCUT2D eigenvalue weighted by Crippen LogP contribution is 2.72. The lowest BCUT2D eigenvalue weighted by molar-refractivity contribution is -0.150. The van der Waals surface area contributed by atoms with Crippen LogP contribution in [0.3, 0.4) is 0 Å². The van der Waals surface area contributed by atoms with E-state index in [1.165, 1.54) is 0 Å². The lowest BCUT2D eigenvalue weighted by atomic mass is 9.84. The molecule has 1 heterocycles. The number of carboxylic acids is 1. The number of ether oxygens (including phenoxy) is 2. The first-order valence-electron chi connectivity index (χ1n) is 10.7. The van der Waals surface area contributed by atoms with E-state index in [4.69, 9.17) is 21.1 Å². The second kappa shape index (κ2) is 8.78. The van der Waals surface area contributed by atoms with Crippen LogP contribution in [0.25, 0.3) is 0 Å². The van der Waals surface area contributed by atoms with Crippen molar-refractivity contribution in [3.8, 4) is 17.6 Å². The molecule has 3 N–H and O–H groups in total. The number of methoxy groups -OCH3 is 1. The number of carboxylic acid groups (broad SMARTS) is 1. The van der Waals surface area contributed by atoms with Crippen LogP contribution in [0, 0.1) is 17.3 Å². The molecule has 184 valence electrons. The number of hydrogen-bond acceptors (Lipinski definition) is 5. The first-order chi connectivity index (χ1) is 15.6. The molecule has 0 aromatic heterocycles. The van der Waals surface area contributed by atoms with Gasteiger partial charge in [-0.3, -0.25) is 9.11 Å². The van der Waals surface area contributed by atoms with Crippen molar-refractivity contribution in [2.75, 3.05) is 7.11 Å². The molecule has 0 fully saturated rings. The lowest BCUT2D eigenvalue weighted by Crippen LogP contribution is -2.44. The summed E-state index contributed by atoms with van der Waals surface area (Å²) < 4.78 is 32.8. The van der Waals surface area contributed by atoms with Crippen LogP contribution in [0.1, 0.15) is 58.2 Å².